The second-order valence-electron chi connectivity index (χ2n) is 23.7. The summed E-state index contributed by atoms with van der Waals surface area (Å²) in [5, 5.41) is 18.0. The average Bonchev–Trinajstić information content (AvgIpc) is 4.09. The normalized spacial score (nSPS) is 21.9. The van der Waals surface area contributed by atoms with Crippen LogP contribution in [-0.2, 0) is 52.9 Å². The van der Waals surface area contributed by atoms with E-state index in [1.807, 2.05) is 90.1 Å². The largest absolute Gasteiger partial charge is 0.351 e. The first-order valence-electron chi connectivity index (χ1n) is 26.9. The van der Waals surface area contributed by atoms with Crippen molar-refractivity contribution in [1.29, 1.82) is 0 Å². The molecule has 0 aromatic heterocycles. The molecule has 2 unspecified atom stereocenters. The summed E-state index contributed by atoms with van der Waals surface area (Å²) in [4.78, 5) is 106. The highest BCUT2D eigenvalue weighted by Crippen LogP contribution is 2.49. The van der Waals surface area contributed by atoms with E-state index in [9.17, 15) is 19.2 Å². The van der Waals surface area contributed by atoms with Gasteiger partial charge in [-0.2, -0.15) is 0 Å². The predicted octanol–water partition coefficient (Wildman–Crippen LogP) is 5.15. The van der Waals surface area contributed by atoms with E-state index in [1.54, 1.807) is 34.9 Å². The van der Waals surface area contributed by atoms with E-state index in [0.717, 1.165) is 41.2 Å². The van der Waals surface area contributed by atoms with Crippen LogP contribution in [0.3, 0.4) is 0 Å². The van der Waals surface area contributed by atoms with Gasteiger partial charge in [-0.05, 0) is 113 Å². The summed E-state index contributed by atoms with van der Waals surface area (Å²) < 4.78 is 31.0. The van der Waals surface area contributed by atoms with Crippen molar-refractivity contribution in [1.82, 2.24) is 46.6 Å². The number of nitrogens with zero attached hydrogens (tertiary/aromatic N) is 3. The van der Waals surface area contributed by atoms with Gasteiger partial charge in [0.15, 0.2) is 11.6 Å². The van der Waals surface area contributed by atoms with Crippen LogP contribution in [0.25, 0.3) is 0 Å². The van der Waals surface area contributed by atoms with Crippen LogP contribution in [0.15, 0.2) is 66.7 Å². The lowest BCUT2D eigenvalue weighted by Crippen LogP contribution is -2.62. The third-order valence-corrected chi connectivity index (χ3v) is 16.2. The highest BCUT2D eigenvalue weighted by molar-refractivity contribution is 5.96. The van der Waals surface area contributed by atoms with E-state index in [1.165, 1.54) is 26.8 Å². The zero-order valence-corrected chi connectivity index (χ0v) is 46.1. The molecule has 16 nitrogen and oxygen atoms in total. The van der Waals surface area contributed by atoms with Gasteiger partial charge in [-0.3, -0.25) is 33.6 Å². The average molecular weight is 1050 g/mol. The minimum atomic E-state index is -1.23. The molecule has 1 saturated carbocycles. The van der Waals surface area contributed by atoms with Crippen LogP contribution in [0.5, 0.6) is 0 Å². The highest BCUT2D eigenvalue weighted by atomic mass is 19.2. The van der Waals surface area contributed by atoms with Gasteiger partial charge in [-0.1, -0.05) is 102 Å². The lowest BCUT2D eigenvalue weighted by molar-refractivity contribution is -0.153. The minimum absolute atomic E-state index is 0.0186. The molecule has 9 atom stereocenters. The summed E-state index contributed by atoms with van der Waals surface area (Å²) in [6.07, 6.45) is 3.19. The highest BCUT2D eigenvalue weighted by Gasteiger charge is 2.55. The first-order chi connectivity index (χ1) is 35.8. The summed E-state index contributed by atoms with van der Waals surface area (Å²) in [7, 11) is 3.27. The van der Waals surface area contributed by atoms with Crippen LogP contribution >= 0.6 is 0 Å². The van der Waals surface area contributed by atoms with Gasteiger partial charge in [0.05, 0.1) is 29.6 Å². The summed E-state index contributed by atoms with van der Waals surface area (Å²) in [5.74, 6) is -5.49. The van der Waals surface area contributed by atoms with E-state index in [0.29, 0.717) is 19.3 Å². The molecule has 2 fully saturated rings. The standard InChI is InChI=1S/C58H79F2N9O7/c1-33(61-10)49(70)65-47(56(4,5)6)53(74)67-30-38-20-13-12-19-37(38)28-45(67)52(73)69(35(3)40-23-17-24-42(59)46(40)60)32-58(26-27-58)55(76)63-39-29-44(51(72)64-43-25-16-21-36-18-14-15-22-41(36)43)68(31-39)54(75)48(57(7,8)9)66-50(71)34(2)62-11/h12-15,17-20,22-24,33-35,39,43-45,47-48,61-62H,16,21,25-32H2,1-11H3,(H,63,76)(H,64,72)(H,65,70)(H,66,71)/t33-,34-,35+,39-,43+,44?,45-,47?,48+/m0/s1. The van der Waals surface area contributed by atoms with Gasteiger partial charge in [-0.15, -0.1) is 0 Å². The lowest BCUT2D eigenvalue weighted by atomic mass is 9.84. The van der Waals surface area contributed by atoms with Crippen molar-refractivity contribution in [2.45, 2.75) is 168 Å². The van der Waals surface area contributed by atoms with Crippen LogP contribution in [0, 0.1) is 27.9 Å². The van der Waals surface area contributed by atoms with Gasteiger partial charge in [0.1, 0.15) is 24.2 Å². The van der Waals surface area contributed by atoms with E-state index in [4.69, 9.17) is 0 Å². The molecule has 3 aromatic rings. The number of likely N-dealkylation sites (tertiary alicyclic amines) is 1. The molecule has 2 heterocycles. The van der Waals surface area contributed by atoms with Crippen molar-refractivity contribution in [3.8, 4) is 0 Å². The summed E-state index contributed by atoms with van der Waals surface area (Å²) in [6.45, 7) is 15.6. The van der Waals surface area contributed by atoms with Gasteiger partial charge >= 0.3 is 0 Å². The molecule has 2 aliphatic carbocycles. The first kappa shape index (κ1) is 57.4. The molecule has 18 heteroatoms. The predicted molar refractivity (Wildman–Crippen MR) is 285 cm³/mol. The SMILES string of the molecule is CN[C@@H](C)C(=O)NC(C(=O)N1Cc2ccccc2C[C@H]1C(=O)N(CC1(C(=O)N[C@H]2CC(C(=O)N[C@@H]3CCCc4ccccc43)N(C(=O)[C@@H](NC(=O)[C@H](C)NC)C(C)(C)C)C2)CC1)[C@H](C)c1cccc(F)c1F)C(C)(C)C. The van der Waals surface area contributed by atoms with Crippen molar-refractivity contribution in [3.05, 3.63) is 106 Å². The molecule has 3 aromatic carbocycles. The van der Waals surface area contributed by atoms with Crippen LogP contribution in [-0.4, -0.2) is 126 Å². The Morgan fingerprint density at radius 1 is 0.711 bits per heavy atom. The maximum absolute atomic E-state index is 15.9. The maximum Gasteiger partial charge on any atom is 0.246 e. The molecular formula is C58H79F2N9O7. The zero-order valence-electron chi connectivity index (χ0n) is 46.1. The van der Waals surface area contributed by atoms with Crippen molar-refractivity contribution in [2.24, 2.45) is 16.2 Å². The molecule has 0 radical (unpaired) electrons. The number of halogens is 2. The number of rotatable bonds is 17. The molecular weight excluding hydrogens is 973 g/mol. The lowest BCUT2D eigenvalue weighted by Gasteiger charge is -2.44. The topological polar surface area (TPSA) is 201 Å². The monoisotopic (exact) mass is 1050 g/mol. The molecule has 0 bridgehead atoms. The Hall–Kier alpha value is -6.27. The van der Waals surface area contributed by atoms with Gasteiger partial charge in [-0.25, -0.2) is 8.78 Å². The summed E-state index contributed by atoms with van der Waals surface area (Å²) >= 11 is 0. The number of fused-ring (bicyclic) bond motifs is 2. The van der Waals surface area contributed by atoms with Crippen LogP contribution in [0.1, 0.15) is 134 Å². The van der Waals surface area contributed by atoms with E-state index >= 15 is 23.2 Å². The minimum Gasteiger partial charge on any atom is -0.351 e. The Labute approximate surface area is 446 Å². The Morgan fingerprint density at radius 3 is 1.86 bits per heavy atom. The van der Waals surface area contributed by atoms with E-state index in [2.05, 4.69) is 31.9 Å². The smallest absolute Gasteiger partial charge is 0.246 e. The molecule has 2 aliphatic heterocycles. The molecule has 4 aliphatic rings. The van der Waals surface area contributed by atoms with Crippen molar-refractivity contribution < 1.29 is 42.3 Å². The fourth-order valence-electron chi connectivity index (χ4n) is 10.9. The number of amides is 7. The molecule has 412 valence electrons. The second-order valence-corrected chi connectivity index (χ2v) is 23.7. The number of hydrogen-bond donors (Lipinski definition) is 6. The van der Waals surface area contributed by atoms with Crippen molar-refractivity contribution >= 4 is 41.4 Å². The molecule has 6 N–H and O–H groups in total. The number of aryl methyl sites for hydroxylation is 1. The molecule has 7 rings (SSSR count). The number of carbonyl (C=O) groups excluding carboxylic acids is 7. The third-order valence-electron chi connectivity index (χ3n) is 16.2. The van der Waals surface area contributed by atoms with Crippen molar-refractivity contribution in [2.75, 3.05) is 27.2 Å². The summed E-state index contributed by atoms with van der Waals surface area (Å²) in [5.41, 5.74) is 0.812. The number of likely N-dealkylation sites (N-methyl/N-ethyl adjacent to an activating group) is 2. The zero-order chi connectivity index (χ0) is 55.6. The fourth-order valence-corrected chi connectivity index (χ4v) is 10.9. The van der Waals surface area contributed by atoms with Crippen LogP contribution < -0.4 is 31.9 Å². The Morgan fingerprint density at radius 2 is 1.28 bits per heavy atom. The summed E-state index contributed by atoms with van der Waals surface area (Å²) in [6, 6.07) is 11.4. The quantitative estimate of drug-likeness (QED) is 0.106. The van der Waals surface area contributed by atoms with Gasteiger partial charge in [0, 0.05) is 37.7 Å². The second kappa shape index (κ2) is 23.1. The van der Waals surface area contributed by atoms with E-state index in [-0.39, 0.29) is 44.1 Å². The Balaban J connectivity index is 1.21. The van der Waals surface area contributed by atoms with E-state index < -0.39 is 118 Å². The van der Waals surface area contributed by atoms with Crippen LogP contribution in [0.4, 0.5) is 8.78 Å². The molecule has 1 saturated heterocycles. The molecule has 7 amide bonds. The van der Waals surface area contributed by atoms with Crippen molar-refractivity contribution in [3.63, 3.8) is 0 Å². The molecule has 76 heavy (non-hydrogen) atoms. The first-order valence-corrected chi connectivity index (χ1v) is 26.9. The molecule has 0 spiro atoms. The number of carbonyl (C=O) groups is 7. The Bertz CT molecular complexity index is 2680. The van der Waals surface area contributed by atoms with Gasteiger partial charge < -0.3 is 46.6 Å². The third kappa shape index (κ3) is 12.4. The number of nitrogens with one attached hydrogen (secondary N) is 6. The number of hydrogen-bond acceptors (Lipinski definition) is 9. The maximum atomic E-state index is 15.9. The fraction of sp³-hybridized carbons (Fsp3) is 0.569. The van der Waals surface area contributed by atoms with Gasteiger partial charge in [0.25, 0.3) is 0 Å². The number of benzene rings is 3. The Kier molecular flexibility index (Phi) is 17.5. The van der Waals surface area contributed by atoms with Gasteiger partial charge in [0.2, 0.25) is 41.4 Å². The van der Waals surface area contributed by atoms with Crippen LogP contribution in [0.2, 0.25) is 0 Å².